The lowest BCUT2D eigenvalue weighted by molar-refractivity contribution is 0.282. The van der Waals surface area contributed by atoms with Crippen LogP contribution in [-0.4, -0.2) is 32.2 Å². The van der Waals surface area contributed by atoms with E-state index in [4.69, 9.17) is 5.11 Å². The Hall–Kier alpha value is -1.11. The van der Waals surface area contributed by atoms with Crippen LogP contribution in [0.15, 0.2) is 29.2 Å². The van der Waals surface area contributed by atoms with Crippen molar-refractivity contribution in [3.05, 3.63) is 24.3 Å². The third-order valence-electron chi connectivity index (χ3n) is 2.53. The molecule has 1 unspecified atom stereocenters. The van der Waals surface area contributed by atoms with E-state index in [1.54, 1.807) is 38.1 Å². The Morgan fingerprint density at radius 3 is 2.21 bits per heavy atom. The van der Waals surface area contributed by atoms with Crippen molar-refractivity contribution in [1.82, 2.24) is 4.72 Å². The zero-order chi connectivity index (χ0) is 14.5. The fourth-order valence-corrected chi connectivity index (χ4v) is 2.91. The molecule has 0 amide bonds. The van der Waals surface area contributed by atoms with Crippen LogP contribution in [0.4, 0.5) is 5.69 Å². The van der Waals surface area contributed by atoms with Gasteiger partial charge in [-0.05, 0) is 51.5 Å². The predicted octanol–water partition coefficient (Wildman–Crippen LogP) is 1.56. The van der Waals surface area contributed by atoms with E-state index in [1.165, 1.54) is 0 Å². The van der Waals surface area contributed by atoms with Gasteiger partial charge in [-0.3, -0.25) is 0 Å². The molecule has 0 aliphatic heterocycles. The molecule has 6 heteroatoms. The van der Waals surface area contributed by atoms with Crippen LogP contribution >= 0.6 is 0 Å². The van der Waals surface area contributed by atoms with Crippen molar-refractivity contribution in [2.75, 3.05) is 11.9 Å². The molecular formula is C13H22N2O3S. The van der Waals surface area contributed by atoms with E-state index in [1.807, 2.05) is 6.92 Å². The molecule has 5 nitrogen and oxygen atoms in total. The molecule has 0 aliphatic rings. The fraction of sp³-hybridized carbons (Fsp3) is 0.538. The lowest BCUT2D eigenvalue weighted by Gasteiger charge is -2.14. The van der Waals surface area contributed by atoms with Gasteiger partial charge in [0.2, 0.25) is 10.0 Å². The standard InChI is InChI=1S/C13H22N2O3S/c1-10(2)15-19(17,18)13-6-4-12(5-7-13)14-11(3)8-9-16/h4-7,10-11,14-16H,8-9H2,1-3H3. The summed E-state index contributed by atoms with van der Waals surface area (Å²) in [5.74, 6) is 0. The van der Waals surface area contributed by atoms with Crippen molar-refractivity contribution in [2.24, 2.45) is 0 Å². The predicted molar refractivity (Wildman–Crippen MR) is 76.7 cm³/mol. The van der Waals surface area contributed by atoms with Gasteiger partial charge in [0.1, 0.15) is 0 Å². The summed E-state index contributed by atoms with van der Waals surface area (Å²) in [5, 5.41) is 12.0. The summed E-state index contributed by atoms with van der Waals surface area (Å²) in [6, 6.07) is 6.59. The van der Waals surface area contributed by atoms with Crippen LogP contribution < -0.4 is 10.0 Å². The topological polar surface area (TPSA) is 78.4 Å². The van der Waals surface area contributed by atoms with Gasteiger partial charge in [-0.25, -0.2) is 13.1 Å². The molecule has 0 bridgehead atoms. The van der Waals surface area contributed by atoms with Crippen molar-refractivity contribution >= 4 is 15.7 Å². The van der Waals surface area contributed by atoms with Gasteiger partial charge in [0.15, 0.2) is 0 Å². The van der Waals surface area contributed by atoms with Crippen molar-refractivity contribution in [3.8, 4) is 0 Å². The second-order valence-corrected chi connectivity index (χ2v) is 6.57. The summed E-state index contributed by atoms with van der Waals surface area (Å²) in [6.07, 6.45) is 0.648. The molecule has 1 atom stereocenters. The molecule has 0 spiro atoms. The Morgan fingerprint density at radius 1 is 1.16 bits per heavy atom. The average Bonchev–Trinajstić information content (AvgIpc) is 2.28. The molecule has 0 radical (unpaired) electrons. The van der Waals surface area contributed by atoms with E-state index in [9.17, 15) is 8.42 Å². The number of aliphatic hydroxyl groups excluding tert-OH is 1. The highest BCUT2D eigenvalue weighted by Gasteiger charge is 2.14. The van der Waals surface area contributed by atoms with Crippen molar-refractivity contribution in [2.45, 2.75) is 44.2 Å². The largest absolute Gasteiger partial charge is 0.396 e. The Morgan fingerprint density at radius 2 is 1.74 bits per heavy atom. The normalized spacial score (nSPS) is 13.5. The molecule has 1 aromatic carbocycles. The van der Waals surface area contributed by atoms with Crippen LogP contribution in [0.25, 0.3) is 0 Å². The number of nitrogens with one attached hydrogen (secondary N) is 2. The summed E-state index contributed by atoms with van der Waals surface area (Å²) >= 11 is 0. The third-order valence-corrected chi connectivity index (χ3v) is 4.21. The number of sulfonamides is 1. The minimum absolute atomic E-state index is 0.124. The molecule has 0 saturated heterocycles. The minimum atomic E-state index is -3.43. The molecule has 0 heterocycles. The molecule has 0 fully saturated rings. The number of hydrogen-bond donors (Lipinski definition) is 3. The highest BCUT2D eigenvalue weighted by atomic mass is 32.2. The van der Waals surface area contributed by atoms with Gasteiger partial charge in [0.25, 0.3) is 0 Å². The van der Waals surface area contributed by atoms with Gasteiger partial charge in [0.05, 0.1) is 4.90 Å². The first-order chi connectivity index (χ1) is 8.85. The van der Waals surface area contributed by atoms with Crippen LogP contribution in [0.5, 0.6) is 0 Å². The summed E-state index contributed by atoms with van der Waals surface area (Å²) in [5.41, 5.74) is 0.837. The second-order valence-electron chi connectivity index (χ2n) is 4.86. The monoisotopic (exact) mass is 286 g/mol. The SMILES string of the molecule is CC(C)NS(=O)(=O)c1ccc(NC(C)CCO)cc1. The second kappa shape index (κ2) is 6.88. The van der Waals surface area contributed by atoms with Gasteiger partial charge in [-0.15, -0.1) is 0 Å². The first kappa shape index (κ1) is 15.9. The highest BCUT2D eigenvalue weighted by Crippen LogP contribution is 2.15. The number of rotatable bonds is 7. The first-order valence-electron chi connectivity index (χ1n) is 6.35. The summed E-state index contributed by atoms with van der Waals surface area (Å²) in [4.78, 5) is 0.251. The van der Waals surface area contributed by atoms with E-state index < -0.39 is 10.0 Å². The van der Waals surface area contributed by atoms with E-state index in [0.29, 0.717) is 6.42 Å². The molecule has 3 N–H and O–H groups in total. The van der Waals surface area contributed by atoms with E-state index in [2.05, 4.69) is 10.0 Å². The van der Waals surface area contributed by atoms with Gasteiger partial charge in [-0.2, -0.15) is 0 Å². The zero-order valence-electron chi connectivity index (χ0n) is 11.6. The van der Waals surface area contributed by atoms with Crippen LogP contribution in [0.3, 0.4) is 0 Å². The molecule has 0 saturated carbocycles. The first-order valence-corrected chi connectivity index (χ1v) is 7.83. The number of aliphatic hydroxyl groups is 1. The van der Waals surface area contributed by atoms with E-state index >= 15 is 0 Å². The molecule has 108 valence electrons. The van der Waals surface area contributed by atoms with Crippen LogP contribution in [-0.2, 0) is 10.0 Å². The summed E-state index contributed by atoms with van der Waals surface area (Å²) in [7, 11) is -3.43. The average molecular weight is 286 g/mol. The maximum Gasteiger partial charge on any atom is 0.240 e. The molecular weight excluding hydrogens is 264 g/mol. The van der Waals surface area contributed by atoms with Crippen molar-refractivity contribution in [1.29, 1.82) is 0 Å². The Bertz CT molecular complexity index is 483. The van der Waals surface area contributed by atoms with Gasteiger partial charge in [-0.1, -0.05) is 0 Å². The van der Waals surface area contributed by atoms with Gasteiger partial charge >= 0.3 is 0 Å². The Kier molecular flexibility index (Phi) is 5.78. The molecule has 0 aliphatic carbocycles. The van der Waals surface area contributed by atoms with Crippen molar-refractivity contribution < 1.29 is 13.5 Å². The van der Waals surface area contributed by atoms with Gasteiger partial charge < -0.3 is 10.4 Å². The molecule has 1 rings (SSSR count). The third kappa shape index (κ3) is 5.18. The summed E-state index contributed by atoms with van der Waals surface area (Å²) in [6.45, 7) is 5.65. The van der Waals surface area contributed by atoms with Crippen LogP contribution in [0, 0.1) is 0 Å². The lowest BCUT2D eigenvalue weighted by Crippen LogP contribution is -2.30. The fourth-order valence-electron chi connectivity index (χ4n) is 1.66. The maximum atomic E-state index is 11.9. The minimum Gasteiger partial charge on any atom is -0.396 e. The zero-order valence-corrected chi connectivity index (χ0v) is 12.4. The van der Waals surface area contributed by atoms with E-state index in [-0.39, 0.29) is 23.6 Å². The van der Waals surface area contributed by atoms with Crippen LogP contribution in [0.1, 0.15) is 27.2 Å². The Balaban J connectivity index is 2.76. The number of benzene rings is 1. The van der Waals surface area contributed by atoms with Crippen molar-refractivity contribution in [3.63, 3.8) is 0 Å². The molecule has 0 aromatic heterocycles. The highest BCUT2D eigenvalue weighted by molar-refractivity contribution is 7.89. The quantitative estimate of drug-likeness (QED) is 0.711. The van der Waals surface area contributed by atoms with E-state index in [0.717, 1.165) is 5.69 Å². The smallest absolute Gasteiger partial charge is 0.240 e. The van der Waals surface area contributed by atoms with Gasteiger partial charge in [0, 0.05) is 24.4 Å². The molecule has 19 heavy (non-hydrogen) atoms. The van der Waals surface area contributed by atoms with Crippen LogP contribution in [0.2, 0.25) is 0 Å². The number of hydrogen-bond acceptors (Lipinski definition) is 4. The molecule has 1 aromatic rings. The lowest BCUT2D eigenvalue weighted by atomic mass is 10.2. The summed E-state index contributed by atoms with van der Waals surface area (Å²) < 4.78 is 26.4. The number of anilines is 1. The Labute approximate surface area is 115 Å². The maximum absolute atomic E-state index is 11.9.